The zero-order valence-electron chi connectivity index (χ0n) is 17.3. The third-order valence-electron chi connectivity index (χ3n) is 7.08. The van der Waals surface area contributed by atoms with Crippen molar-refractivity contribution < 1.29 is 18.0 Å². The van der Waals surface area contributed by atoms with Gasteiger partial charge in [-0.2, -0.15) is 13.2 Å². The van der Waals surface area contributed by atoms with E-state index in [-0.39, 0.29) is 29.2 Å². The molecular weight excluding hydrogens is 433 g/mol. The van der Waals surface area contributed by atoms with Gasteiger partial charge < -0.3 is 10.2 Å². The number of rotatable bonds is 4. The molecular formula is C23H19F3N6O. The van der Waals surface area contributed by atoms with Gasteiger partial charge in [-0.1, -0.05) is 6.07 Å². The van der Waals surface area contributed by atoms with Crippen LogP contribution >= 0.6 is 0 Å². The molecule has 7 nitrogen and oxygen atoms in total. The fourth-order valence-corrected chi connectivity index (χ4v) is 5.54. The van der Waals surface area contributed by atoms with Crippen LogP contribution in [0.4, 0.5) is 19.0 Å². The number of pyridine rings is 2. The molecule has 0 aromatic carbocycles. The van der Waals surface area contributed by atoms with Gasteiger partial charge in [-0.15, -0.1) is 0 Å². The minimum absolute atomic E-state index is 0.0455. The van der Waals surface area contributed by atoms with E-state index < -0.39 is 11.9 Å². The second kappa shape index (κ2) is 6.97. The summed E-state index contributed by atoms with van der Waals surface area (Å²) in [5.74, 6) is 0.624. The number of halogens is 3. The molecule has 2 saturated carbocycles. The van der Waals surface area contributed by atoms with Crippen LogP contribution in [0.2, 0.25) is 0 Å². The molecule has 4 heterocycles. The molecule has 10 heteroatoms. The van der Waals surface area contributed by atoms with Gasteiger partial charge in [0.25, 0.3) is 5.91 Å². The van der Waals surface area contributed by atoms with Crippen LogP contribution in [-0.2, 0) is 6.18 Å². The Kier molecular flexibility index (Phi) is 4.24. The largest absolute Gasteiger partial charge is 0.434 e. The molecule has 6 rings (SSSR count). The molecule has 3 aromatic rings. The smallest absolute Gasteiger partial charge is 0.364 e. The van der Waals surface area contributed by atoms with Crippen molar-refractivity contribution in [2.45, 2.75) is 31.1 Å². The lowest BCUT2D eigenvalue weighted by molar-refractivity contribution is -0.141. The molecule has 1 saturated heterocycles. The molecule has 1 spiro atoms. The Morgan fingerprint density at radius 3 is 2.61 bits per heavy atom. The van der Waals surface area contributed by atoms with Gasteiger partial charge in [-0.25, -0.2) is 9.97 Å². The molecule has 4 unspecified atom stereocenters. The van der Waals surface area contributed by atoms with Gasteiger partial charge in [-0.3, -0.25) is 14.8 Å². The highest BCUT2D eigenvalue weighted by Gasteiger charge is 2.75. The van der Waals surface area contributed by atoms with E-state index in [4.69, 9.17) is 0 Å². The lowest BCUT2D eigenvalue weighted by atomic mass is 9.71. The predicted octanol–water partition coefficient (Wildman–Crippen LogP) is 3.67. The van der Waals surface area contributed by atoms with Crippen molar-refractivity contribution in [1.82, 2.24) is 24.8 Å². The predicted molar refractivity (Wildman–Crippen MR) is 112 cm³/mol. The average molecular weight is 452 g/mol. The Morgan fingerprint density at radius 1 is 1.03 bits per heavy atom. The first-order chi connectivity index (χ1) is 15.9. The molecule has 1 aliphatic heterocycles. The van der Waals surface area contributed by atoms with E-state index in [2.05, 4.69) is 25.3 Å². The number of hydrogen-bond donors (Lipinski definition) is 1. The van der Waals surface area contributed by atoms with Crippen LogP contribution in [-0.4, -0.2) is 49.4 Å². The summed E-state index contributed by atoms with van der Waals surface area (Å²) in [6.45, 7) is 0.664. The summed E-state index contributed by atoms with van der Waals surface area (Å²) in [5.41, 5.74) is 0.725. The van der Waals surface area contributed by atoms with Gasteiger partial charge in [0.15, 0.2) is 5.69 Å². The summed E-state index contributed by atoms with van der Waals surface area (Å²) in [7, 11) is 0. The zero-order chi connectivity index (χ0) is 22.8. The van der Waals surface area contributed by atoms with Gasteiger partial charge in [0.2, 0.25) is 0 Å². The molecule has 168 valence electrons. The maximum absolute atomic E-state index is 13.6. The highest BCUT2D eigenvalue weighted by atomic mass is 19.4. The Bertz CT molecular complexity index is 1220. The molecule has 33 heavy (non-hydrogen) atoms. The van der Waals surface area contributed by atoms with Crippen LogP contribution in [0.3, 0.4) is 0 Å². The summed E-state index contributed by atoms with van der Waals surface area (Å²) in [5, 5.41) is 3.20. The lowest BCUT2D eigenvalue weighted by Gasteiger charge is -2.48. The van der Waals surface area contributed by atoms with Crippen molar-refractivity contribution in [3.8, 4) is 11.4 Å². The number of carbonyl (C=O) groups excluding carboxylic acids is 1. The molecule has 0 bridgehead atoms. The van der Waals surface area contributed by atoms with Gasteiger partial charge in [0.05, 0.1) is 29.7 Å². The fourth-order valence-electron chi connectivity index (χ4n) is 5.54. The normalized spacial score (nSPS) is 27.4. The van der Waals surface area contributed by atoms with Gasteiger partial charge >= 0.3 is 6.18 Å². The van der Waals surface area contributed by atoms with E-state index in [1.165, 1.54) is 0 Å². The molecule has 1 amide bonds. The number of carbonyl (C=O) groups is 1. The van der Waals surface area contributed by atoms with Crippen molar-refractivity contribution in [2.24, 2.45) is 11.3 Å². The van der Waals surface area contributed by atoms with Crippen molar-refractivity contribution >= 4 is 11.7 Å². The average Bonchev–Trinajstić information content (AvgIpc) is 3.47. The molecule has 3 fully saturated rings. The van der Waals surface area contributed by atoms with Crippen LogP contribution < -0.4 is 5.32 Å². The maximum atomic E-state index is 13.6. The molecule has 4 atom stereocenters. The second-order valence-electron chi connectivity index (χ2n) is 8.89. The SMILES string of the molecule is O=C(c1cccnc1-c1ccccn1)N1CC2CC23CC(Nc2cnc(C(F)(F)F)cn2)C13. The number of anilines is 1. The first-order valence-electron chi connectivity index (χ1n) is 10.7. The van der Waals surface area contributed by atoms with Gasteiger partial charge in [0.1, 0.15) is 11.5 Å². The van der Waals surface area contributed by atoms with Gasteiger partial charge in [-0.05, 0) is 48.4 Å². The zero-order valence-corrected chi connectivity index (χ0v) is 17.3. The Labute approximate surface area is 187 Å². The molecule has 1 N–H and O–H groups in total. The number of alkyl halides is 3. The monoisotopic (exact) mass is 452 g/mol. The van der Waals surface area contributed by atoms with E-state index in [1.807, 2.05) is 17.0 Å². The Hall–Kier alpha value is -3.56. The van der Waals surface area contributed by atoms with Crippen LogP contribution in [0, 0.1) is 11.3 Å². The van der Waals surface area contributed by atoms with Crippen LogP contribution in [0.5, 0.6) is 0 Å². The number of nitrogens with zero attached hydrogens (tertiary/aromatic N) is 5. The number of aromatic nitrogens is 4. The molecule has 0 radical (unpaired) electrons. The number of piperidine rings is 1. The van der Waals surface area contributed by atoms with Crippen molar-refractivity contribution in [2.75, 3.05) is 11.9 Å². The fraction of sp³-hybridized carbons (Fsp3) is 0.348. The minimum Gasteiger partial charge on any atom is -0.364 e. The summed E-state index contributed by atoms with van der Waals surface area (Å²) in [4.78, 5) is 31.6. The number of nitrogens with one attached hydrogen (secondary N) is 1. The Morgan fingerprint density at radius 2 is 1.88 bits per heavy atom. The van der Waals surface area contributed by atoms with Crippen LogP contribution in [0.1, 0.15) is 28.9 Å². The standard InChI is InChI=1S/C23H19F3N6O/c24-23(25,26)17-10-30-18(11-29-17)31-16-9-22-8-13(22)12-32(20(16)22)21(33)14-4-3-7-28-19(14)15-5-1-2-6-27-15/h1-7,10-11,13,16,20H,8-9,12H2,(H,30,31). The highest BCUT2D eigenvalue weighted by Crippen LogP contribution is 2.71. The molecule has 3 aromatic heterocycles. The first kappa shape index (κ1) is 20.1. The Balaban J connectivity index is 1.25. The number of amides is 1. The third-order valence-corrected chi connectivity index (χ3v) is 7.08. The second-order valence-corrected chi connectivity index (χ2v) is 8.89. The van der Waals surface area contributed by atoms with E-state index in [0.717, 1.165) is 25.2 Å². The minimum atomic E-state index is -4.53. The summed E-state index contributed by atoms with van der Waals surface area (Å²) >= 11 is 0. The van der Waals surface area contributed by atoms with Gasteiger partial charge in [0, 0.05) is 25.0 Å². The lowest BCUT2D eigenvalue weighted by Crippen LogP contribution is -2.60. The number of likely N-dealkylation sites (tertiary alicyclic amines) is 1. The number of hydrogen-bond acceptors (Lipinski definition) is 6. The van der Waals surface area contributed by atoms with Crippen LogP contribution in [0.25, 0.3) is 11.4 Å². The molecule has 2 aliphatic carbocycles. The van der Waals surface area contributed by atoms with Crippen molar-refractivity contribution in [1.29, 1.82) is 0 Å². The topological polar surface area (TPSA) is 83.9 Å². The van der Waals surface area contributed by atoms with Crippen LogP contribution in [0.15, 0.2) is 55.1 Å². The van der Waals surface area contributed by atoms with E-state index >= 15 is 0 Å². The van der Waals surface area contributed by atoms with Crippen molar-refractivity contribution in [3.63, 3.8) is 0 Å². The van der Waals surface area contributed by atoms with E-state index in [1.54, 1.807) is 30.6 Å². The quantitative estimate of drug-likeness (QED) is 0.651. The summed E-state index contributed by atoms with van der Waals surface area (Å²) < 4.78 is 38.3. The summed E-state index contributed by atoms with van der Waals surface area (Å²) in [6, 6.07) is 8.83. The van der Waals surface area contributed by atoms with E-state index in [0.29, 0.717) is 29.4 Å². The summed E-state index contributed by atoms with van der Waals surface area (Å²) in [6.07, 6.45) is 2.52. The first-order valence-corrected chi connectivity index (χ1v) is 10.7. The van der Waals surface area contributed by atoms with E-state index in [9.17, 15) is 18.0 Å². The third kappa shape index (κ3) is 3.15. The maximum Gasteiger partial charge on any atom is 0.434 e. The van der Waals surface area contributed by atoms with Crippen molar-refractivity contribution in [3.05, 3.63) is 66.4 Å². The molecule has 3 aliphatic rings. The highest BCUT2D eigenvalue weighted by molar-refractivity contribution is 6.00.